The van der Waals surface area contributed by atoms with Gasteiger partial charge in [-0.25, -0.2) is 9.67 Å². The van der Waals surface area contributed by atoms with E-state index < -0.39 is 0 Å². The molecular formula is C12H21BrN4. The zero-order valence-corrected chi connectivity index (χ0v) is 12.2. The van der Waals surface area contributed by atoms with Gasteiger partial charge in [-0.3, -0.25) is 4.90 Å². The van der Waals surface area contributed by atoms with Crippen LogP contribution >= 0.6 is 15.9 Å². The van der Waals surface area contributed by atoms with Crippen LogP contribution in [0.5, 0.6) is 0 Å². The zero-order valence-electron chi connectivity index (χ0n) is 10.6. The summed E-state index contributed by atoms with van der Waals surface area (Å²) < 4.78 is 2.03. The summed E-state index contributed by atoms with van der Waals surface area (Å²) in [7, 11) is 0. The Labute approximate surface area is 112 Å². The van der Waals surface area contributed by atoms with E-state index in [0.717, 1.165) is 23.6 Å². The summed E-state index contributed by atoms with van der Waals surface area (Å²) in [4.78, 5) is 6.87. The Morgan fingerprint density at radius 1 is 1.53 bits per heavy atom. The predicted molar refractivity (Wildman–Crippen MR) is 72.2 cm³/mol. The topological polar surface area (TPSA) is 34.0 Å². The van der Waals surface area contributed by atoms with Crippen LogP contribution in [0.15, 0.2) is 6.33 Å². The van der Waals surface area contributed by atoms with Gasteiger partial charge in [0.15, 0.2) is 0 Å². The Kier molecular flexibility index (Phi) is 4.56. The van der Waals surface area contributed by atoms with Crippen molar-refractivity contribution in [2.45, 2.75) is 39.3 Å². The Morgan fingerprint density at radius 2 is 2.35 bits per heavy atom. The average molecular weight is 301 g/mol. The molecule has 1 aliphatic rings. The fourth-order valence-corrected chi connectivity index (χ4v) is 3.11. The first-order valence-electron chi connectivity index (χ1n) is 6.37. The SMILES string of the molecule is CC(C)n1ncnc1CN1CCC(CCBr)C1. The second kappa shape index (κ2) is 5.96. The van der Waals surface area contributed by atoms with Crippen molar-refractivity contribution in [2.24, 2.45) is 5.92 Å². The molecule has 2 heterocycles. The van der Waals surface area contributed by atoms with Crippen LogP contribution in [0.25, 0.3) is 0 Å². The smallest absolute Gasteiger partial charge is 0.141 e. The number of hydrogen-bond donors (Lipinski definition) is 0. The van der Waals surface area contributed by atoms with E-state index in [0.29, 0.717) is 6.04 Å². The first-order chi connectivity index (χ1) is 8.20. The van der Waals surface area contributed by atoms with Crippen LogP contribution < -0.4 is 0 Å². The molecule has 0 N–H and O–H groups in total. The summed E-state index contributed by atoms with van der Waals surface area (Å²) >= 11 is 3.53. The van der Waals surface area contributed by atoms with Crippen molar-refractivity contribution in [1.82, 2.24) is 19.7 Å². The molecule has 1 fully saturated rings. The Balaban J connectivity index is 1.91. The minimum Gasteiger partial charge on any atom is -0.296 e. The summed E-state index contributed by atoms with van der Waals surface area (Å²) in [5.41, 5.74) is 0. The molecule has 1 aliphatic heterocycles. The van der Waals surface area contributed by atoms with E-state index in [9.17, 15) is 0 Å². The van der Waals surface area contributed by atoms with Gasteiger partial charge < -0.3 is 0 Å². The minimum atomic E-state index is 0.397. The molecule has 1 aromatic rings. The third-order valence-corrected chi connectivity index (χ3v) is 3.85. The maximum atomic E-state index is 4.37. The van der Waals surface area contributed by atoms with Crippen LogP contribution in [0.4, 0.5) is 0 Å². The average Bonchev–Trinajstić information content (AvgIpc) is 2.89. The lowest BCUT2D eigenvalue weighted by molar-refractivity contribution is 0.296. The lowest BCUT2D eigenvalue weighted by Crippen LogP contribution is -2.23. The molecule has 4 nitrogen and oxygen atoms in total. The Morgan fingerprint density at radius 3 is 3.06 bits per heavy atom. The fraction of sp³-hybridized carbons (Fsp3) is 0.833. The quantitative estimate of drug-likeness (QED) is 0.784. The molecule has 1 unspecified atom stereocenters. The molecule has 0 amide bonds. The maximum Gasteiger partial charge on any atom is 0.141 e. The first-order valence-corrected chi connectivity index (χ1v) is 7.49. The lowest BCUT2D eigenvalue weighted by atomic mass is 10.1. The number of nitrogens with zero attached hydrogens (tertiary/aromatic N) is 4. The number of halogens is 1. The highest BCUT2D eigenvalue weighted by molar-refractivity contribution is 9.09. The van der Waals surface area contributed by atoms with Crippen LogP contribution in [0.3, 0.4) is 0 Å². The first kappa shape index (κ1) is 13.0. The van der Waals surface area contributed by atoms with Gasteiger partial charge >= 0.3 is 0 Å². The van der Waals surface area contributed by atoms with E-state index in [1.54, 1.807) is 6.33 Å². The maximum absolute atomic E-state index is 4.37. The van der Waals surface area contributed by atoms with E-state index in [-0.39, 0.29) is 0 Å². The highest BCUT2D eigenvalue weighted by Gasteiger charge is 2.23. The van der Waals surface area contributed by atoms with Gasteiger partial charge in [0.1, 0.15) is 12.2 Å². The van der Waals surface area contributed by atoms with Gasteiger partial charge in [-0.05, 0) is 39.2 Å². The summed E-state index contributed by atoms with van der Waals surface area (Å²) in [6.45, 7) is 7.64. The van der Waals surface area contributed by atoms with Crippen LogP contribution in [-0.2, 0) is 6.54 Å². The molecule has 96 valence electrons. The van der Waals surface area contributed by atoms with Gasteiger partial charge in [0.25, 0.3) is 0 Å². The van der Waals surface area contributed by atoms with Crippen molar-refractivity contribution >= 4 is 15.9 Å². The molecule has 1 atom stereocenters. The summed E-state index contributed by atoms with van der Waals surface area (Å²) in [5, 5.41) is 5.40. The summed E-state index contributed by atoms with van der Waals surface area (Å²) in [6.07, 6.45) is 4.27. The molecule has 1 aromatic heterocycles. The van der Waals surface area contributed by atoms with Crippen molar-refractivity contribution < 1.29 is 0 Å². The molecule has 0 aromatic carbocycles. The van der Waals surface area contributed by atoms with Gasteiger partial charge in [0, 0.05) is 17.9 Å². The molecule has 5 heteroatoms. The van der Waals surface area contributed by atoms with Gasteiger partial charge in [0.05, 0.1) is 6.54 Å². The third-order valence-electron chi connectivity index (χ3n) is 3.39. The second-order valence-corrected chi connectivity index (χ2v) is 5.88. The molecule has 0 saturated carbocycles. The van der Waals surface area contributed by atoms with E-state index in [4.69, 9.17) is 0 Å². The van der Waals surface area contributed by atoms with Crippen LogP contribution in [0, 0.1) is 5.92 Å². The van der Waals surface area contributed by atoms with Gasteiger partial charge in [-0.15, -0.1) is 0 Å². The van der Waals surface area contributed by atoms with E-state index in [2.05, 4.69) is 44.8 Å². The summed E-state index contributed by atoms with van der Waals surface area (Å²) in [6, 6.07) is 0.397. The van der Waals surface area contributed by atoms with Gasteiger partial charge in [-0.1, -0.05) is 15.9 Å². The van der Waals surface area contributed by atoms with E-state index >= 15 is 0 Å². The van der Waals surface area contributed by atoms with Crippen molar-refractivity contribution in [3.63, 3.8) is 0 Å². The summed E-state index contributed by atoms with van der Waals surface area (Å²) in [5.74, 6) is 1.95. The van der Waals surface area contributed by atoms with E-state index in [1.807, 2.05) is 4.68 Å². The van der Waals surface area contributed by atoms with Crippen LogP contribution in [-0.4, -0.2) is 38.1 Å². The standard InChI is InChI=1S/C12H21BrN4/c1-10(2)17-12(14-9-15-17)8-16-6-4-11(7-16)3-5-13/h9-11H,3-8H2,1-2H3. The van der Waals surface area contributed by atoms with Crippen molar-refractivity contribution in [2.75, 3.05) is 18.4 Å². The molecule has 2 rings (SSSR count). The number of aromatic nitrogens is 3. The normalized spacial score (nSPS) is 21.5. The predicted octanol–water partition coefficient (Wildman–Crippen LogP) is 2.47. The highest BCUT2D eigenvalue weighted by atomic mass is 79.9. The van der Waals surface area contributed by atoms with Gasteiger partial charge in [-0.2, -0.15) is 5.10 Å². The lowest BCUT2D eigenvalue weighted by Gasteiger charge is -2.17. The largest absolute Gasteiger partial charge is 0.296 e. The Bertz CT molecular complexity index is 350. The third kappa shape index (κ3) is 3.28. The van der Waals surface area contributed by atoms with Crippen molar-refractivity contribution in [3.05, 3.63) is 12.2 Å². The molecular weight excluding hydrogens is 280 g/mol. The highest BCUT2D eigenvalue weighted by Crippen LogP contribution is 2.22. The number of alkyl halides is 1. The molecule has 17 heavy (non-hydrogen) atoms. The number of likely N-dealkylation sites (tertiary alicyclic amines) is 1. The van der Waals surface area contributed by atoms with Crippen molar-refractivity contribution in [3.8, 4) is 0 Å². The monoisotopic (exact) mass is 300 g/mol. The number of hydrogen-bond acceptors (Lipinski definition) is 3. The molecule has 0 spiro atoms. The Hall–Kier alpha value is -0.420. The zero-order chi connectivity index (χ0) is 12.3. The fourth-order valence-electron chi connectivity index (χ4n) is 2.46. The van der Waals surface area contributed by atoms with E-state index in [1.165, 1.54) is 25.9 Å². The van der Waals surface area contributed by atoms with Crippen LogP contribution in [0.1, 0.15) is 38.6 Å². The molecule has 0 bridgehead atoms. The van der Waals surface area contributed by atoms with Crippen LogP contribution in [0.2, 0.25) is 0 Å². The molecule has 0 radical (unpaired) electrons. The second-order valence-electron chi connectivity index (χ2n) is 5.08. The minimum absolute atomic E-state index is 0.397. The number of rotatable bonds is 5. The molecule has 1 saturated heterocycles. The van der Waals surface area contributed by atoms with Gasteiger partial charge in [0.2, 0.25) is 0 Å². The molecule has 0 aliphatic carbocycles. The van der Waals surface area contributed by atoms with Crippen molar-refractivity contribution in [1.29, 1.82) is 0 Å².